The number of sulfonamides is 1. The molecule has 1 amide bonds. The van der Waals surface area contributed by atoms with Gasteiger partial charge in [0, 0.05) is 6.54 Å². The fourth-order valence-electron chi connectivity index (χ4n) is 2.69. The molecule has 31 heavy (non-hydrogen) atoms. The molecule has 0 bridgehead atoms. The molecule has 11 heteroatoms. The first-order valence-corrected chi connectivity index (χ1v) is 10.8. The van der Waals surface area contributed by atoms with Gasteiger partial charge in [-0.1, -0.05) is 30.3 Å². The van der Waals surface area contributed by atoms with Crippen LogP contribution in [0.4, 0.5) is 0 Å². The minimum atomic E-state index is -3.74. The number of nitrogens with two attached hydrogens (primary N) is 1. The largest absolute Gasteiger partial charge is 0.451 e. The van der Waals surface area contributed by atoms with Gasteiger partial charge in [0.1, 0.15) is 0 Å². The molecule has 1 heterocycles. The van der Waals surface area contributed by atoms with E-state index in [4.69, 9.17) is 9.88 Å². The molecule has 10 nitrogen and oxygen atoms in total. The van der Waals surface area contributed by atoms with Crippen LogP contribution < -0.4 is 10.5 Å². The number of amides is 1. The highest BCUT2D eigenvalue weighted by atomic mass is 32.2. The predicted molar refractivity (Wildman–Crippen MR) is 111 cm³/mol. The van der Waals surface area contributed by atoms with Crippen LogP contribution in [0.3, 0.4) is 0 Å². The van der Waals surface area contributed by atoms with Crippen molar-refractivity contribution in [1.29, 1.82) is 0 Å². The molecule has 0 aliphatic rings. The monoisotopic (exact) mass is 443 g/mol. The Bertz CT molecular complexity index is 1170. The van der Waals surface area contributed by atoms with E-state index in [1.807, 2.05) is 18.2 Å². The Balaban J connectivity index is 1.46. The van der Waals surface area contributed by atoms with Crippen molar-refractivity contribution < 1.29 is 22.7 Å². The Labute approximate surface area is 179 Å². The van der Waals surface area contributed by atoms with Gasteiger partial charge in [0.25, 0.3) is 5.91 Å². The van der Waals surface area contributed by atoms with Crippen molar-refractivity contribution in [2.75, 3.05) is 13.2 Å². The number of nitrogens with zero attached hydrogens (tertiary/aromatic N) is 3. The zero-order valence-electron chi connectivity index (χ0n) is 16.7. The minimum Gasteiger partial charge on any atom is -0.451 e. The summed E-state index contributed by atoms with van der Waals surface area (Å²) in [4.78, 5) is 25.5. The van der Waals surface area contributed by atoms with E-state index in [1.54, 1.807) is 31.2 Å². The second kappa shape index (κ2) is 9.49. The molecule has 3 rings (SSSR count). The van der Waals surface area contributed by atoms with Crippen LogP contribution in [-0.4, -0.2) is 48.4 Å². The van der Waals surface area contributed by atoms with Gasteiger partial charge in [0.2, 0.25) is 10.0 Å². The molecule has 0 saturated carbocycles. The lowest BCUT2D eigenvalue weighted by molar-refractivity contribution is -0.124. The number of carbonyl (C=O) groups excluding carboxylic acids is 2. The number of rotatable bonds is 8. The molecule has 1 aromatic heterocycles. The van der Waals surface area contributed by atoms with E-state index >= 15 is 0 Å². The van der Waals surface area contributed by atoms with Gasteiger partial charge < -0.3 is 10.1 Å². The number of aromatic nitrogens is 3. The van der Waals surface area contributed by atoms with Crippen molar-refractivity contribution in [2.24, 2.45) is 5.14 Å². The lowest BCUT2D eigenvalue weighted by atomic mass is 10.1. The van der Waals surface area contributed by atoms with Crippen molar-refractivity contribution >= 4 is 21.9 Å². The summed E-state index contributed by atoms with van der Waals surface area (Å²) >= 11 is 0. The van der Waals surface area contributed by atoms with Gasteiger partial charge in [-0.05, 0) is 43.2 Å². The third-order valence-electron chi connectivity index (χ3n) is 4.28. The van der Waals surface area contributed by atoms with Crippen LogP contribution in [0.5, 0.6) is 0 Å². The lowest BCUT2D eigenvalue weighted by Crippen LogP contribution is -2.30. The van der Waals surface area contributed by atoms with Crippen molar-refractivity contribution in [1.82, 2.24) is 20.3 Å². The van der Waals surface area contributed by atoms with Gasteiger partial charge in [-0.15, -0.1) is 5.10 Å². The van der Waals surface area contributed by atoms with E-state index in [1.165, 1.54) is 16.9 Å². The number of hydrogen-bond donors (Lipinski definition) is 2. The molecule has 0 fully saturated rings. The SMILES string of the molecule is Cc1nn(-c2ccccc2)nc1C(=O)OCC(=O)NCCc1ccc(S(N)(=O)=O)cc1. The summed E-state index contributed by atoms with van der Waals surface area (Å²) in [6, 6.07) is 15.1. The molecule has 0 unspecified atom stereocenters. The smallest absolute Gasteiger partial charge is 0.361 e. The Kier molecular flexibility index (Phi) is 6.78. The number of para-hydroxylation sites is 1. The zero-order valence-corrected chi connectivity index (χ0v) is 17.5. The molecular weight excluding hydrogens is 422 g/mol. The standard InChI is InChI=1S/C20H21N5O5S/c1-14-19(24-25(23-14)16-5-3-2-4-6-16)20(27)30-13-18(26)22-12-11-15-7-9-17(10-8-15)31(21,28)29/h2-10H,11-13H2,1H3,(H,22,26)(H2,21,28,29). The number of nitrogens with one attached hydrogen (secondary N) is 1. The summed E-state index contributed by atoms with van der Waals surface area (Å²) in [5.41, 5.74) is 1.93. The number of esters is 1. The Morgan fingerprint density at radius 2 is 1.74 bits per heavy atom. The van der Waals surface area contributed by atoms with Gasteiger partial charge in [-0.2, -0.15) is 9.90 Å². The average molecular weight is 443 g/mol. The fourth-order valence-corrected chi connectivity index (χ4v) is 3.20. The average Bonchev–Trinajstić information content (AvgIpc) is 3.14. The molecule has 3 N–H and O–H groups in total. The molecule has 0 spiro atoms. The second-order valence-corrected chi connectivity index (χ2v) is 8.19. The molecular formula is C20H21N5O5S. The zero-order chi connectivity index (χ0) is 22.4. The number of hydrogen-bond acceptors (Lipinski definition) is 7. The summed E-state index contributed by atoms with van der Waals surface area (Å²) in [5, 5.41) is 16.0. The topological polar surface area (TPSA) is 146 Å². The Hall–Kier alpha value is -3.57. The molecule has 2 aromatic carbocycles. The number of carbonyl (C=O) groups is 2. The predicted octanol–water partition coefficient (Wildman–Crippen LogP) is 0.739. The first-order chi connectivity index (χ1) is 14.7. The number of aryl methyl sites for hydroxylation is 1. The summed E-state index contributed by atoms with van der Waals surface area (Å²) in [6.07, 6.45) is 0.467. The van der Waals surface area contributed by atoms with Crippen LogP contribution in [0.1, 0.15) is 21.7 Å². The van der Waals surface area contributed by atoms with Crippen LogP contribution >= 0.6 is 0 Å². The Morgan fingerprint density at radius 3 is 2.39 bits per heavy atom. The third kappa shape index (κ3) is 5.96. The summed E-state index contributed by atoms with van der Waals surface area (Å²) in [7, 11) is -3.74. The Morgan fingerprint density at radius 1 is 1.06 bits per heavy atom. The van der Waals surface area contributed by atoms with E-state index in [0.717, 1.165) is 5.56 Å². The van der Waals surface area contributed by atoms with Crippen molar-refractivity contribution in [3.05, 3.63) is 71.5 Å². The van der Waals surface area contributed by atoms with Gasteiger partial charge in [-0.25, -0.2) is 18.4 Å². The molecule has 162 valence electrons. The molecule has 0 radical (unpaired) electrons. The van der Waals surface area contributed by atoms with Crippen molar-refractivity contribution in [2.45, 2.75) is 18.2 Å². The molecule has 0 aliphatic heterocycles. The highest BCUT2D eigenvalue weighted by molar-refractivity contribution is 7.89. The normalized spacial score (nSPS) is 11.2. The van der Waals surface area contributed by atoms with Crippen LogP contribution in [0.15, 0.2) is 59.5 Å². The quantitative estimate of drug-likeness (QED) is 0.488. The van der Waals surface area contributed by atoms with Crippen LogP contribution in [-0.2, 0) is 26.0 Å². The summed E-state index contributed by atoms with van der Waals surface area (Å²) in [5.74, 6) is -1.21. The number of ether oxygens (including phenoxy) is 1. The summed E-state index contributed by atoms with van der Waals surface area (Å²) in [6.45, 7) is 1.46. The molecule has 0 atom stereocenters. The van der Waals surface area contributed by atoms with E-state index in [9.17, 15) is 18.0 Å². The fraction of sp³-hybridized carbons (Fsp3) is 0.200. The summed E-state index contributed by atoms with van der Waals surface area (Å²) < 4.78 is 27.5. The first kappa shape index (κ1) is 22.1. The maximum Gasteiger partial charge on any atom is 0.361 e. The minimum absolute atomic E-state index is 0.0201. The maximum absolute atomic E-state index is 12.2. The first-order valence-electron chi connectivity index (χ1n) is 9.29. The van der Waals surface area contributed by atoms with Crippen LogP contribution in [0, 0.1) is 6.92 Å². The molecule has 0 aliphatic carbocycles. The van der Waals surface area contributed by atoms with E-state index in [2.05, 4.69) is 15.5 Å². The maximum atomic E-state index is 12.2. The molecule has 3 aromatic rings. The van der Waals surface area contributed by atoms with Crippen LogP contribution in [0.25, 0.3) is 5.69 Å². The number of primary sulfonamides is 1. The second-order valence-electron chi connectivity index (χ2n) is 6.62. The third-order valence-corrected chi connectivity index (χ3v) is 5.21. The highest BCUT2D eigenvalue weighted by Crippen LogP contribution is 2.10. The van der Waals surface area contributed by atoms with Gasteiger partial charge in [0.05, 0.1) is 16.3 Å². The van der Waals surface area contributed by atoms with E-state index in [-0.39, 0.29) is 17.1 Å². The van der Waals surface area contributed by atoms with E-state index in [0.29, 0.717) is 17.8 Å². The van der Waals surface area contributed by atoms with E-state index < -0.39 is 28.5 Å². The van der Waals surface area contributed by atoms with Gasteiger partial charge in [0.15, 0.2) is 12.3 Å². The highest BCUT2D eigenvalue weighted by Gasteiger charge is 2.19. The van der Waals surface area contributed by atoms with Crippen molar-refractivity contribution in [3.63, 3.8) is 0 Å². The lowest BCUT2D eigenvalue weighted by Gasteiger charge is -2.06. The van der Waals surface area contributed by atoms with Gasteiger partial charge in [-0.3, -0.25) is 4.79 Å². The number of benzene rings is 2. The van der Waals surface area contributed by atoms with Crippen LogP contribution in [0.2, 0.25) is 0 Å². The van der Waals surface area contributed by atoms with Gasteiger partial charge >= 0.3 is 5.97 Å². The molecule has 0 saturated heterocycles. The van der Waals surface area contributed by atoms with Crippen molar-refractivity contribution in [3.8, 4) is 5.69 Å².